The largest absolute Gasteiger partial charge is 0.491 e. The zero-order valence-electron chi connectivity index (χ0n) is 22.7. The van der Waals surface area contributed by atoms with Crippen molar-refractivity contribution < 1.29 is 19.7 Å². The van der Waals surface area contributed by atoms with Gasteiger partial charge in [-0.05, 0) is 61.1 Å². The molecule has 1 fully saturated rings. The maximum absolute atomic E-state index is 9.21. The Kier molecular flexibility index (Phi) is 12.1. The van der Waals surface area contributed by atoms with Gasteiger partial charge >= 0.3 is 0 Å². The van der Waals surface area contributed by atoms with Crippen LogP contribution in [0.5, 0.6) is 11.5 Å². The van der Waals surface area contributed by atoms with E-state index in [9.17, 15) is 10.2 Å². The van der Waals surface area contributed by atoms with E-state index in [1.807, 2.05) is 0 Å². The van der Waals surface area contributed by atoms with Gasteiger partial charge in [0, 0.05) is 5.41 Å². The highest BCUT2D eigenvalue weighted by Gasteiger charge is 2.34. The van der Waals surface area contributed by atoms with Crippen LogP contribution < -0.4 is 9.47 Å². The number of benzene rings is 2. The standard InChI is InChI=1S/C32H48O4/c1-26-24-28(14-16-30(26)35-22-20-33)32(29-15-17-31(27(2)25-29)36-23-21-34)18-12-10-8-6-4-3-5-7-9-11-13-19-32/h14-17,24-25,33-34H,3-13,18-23H2,1-2H3. The lowest BCUT2D eigenvalue weighted by Gasteiger charge is -2.37. The van der Waals surface area contributed by atoms with Crippen molar-refractivity contribution in [2.75, 3.05) is 26.4 Å². The summed E-state index contributed by atoms with van der Waals surface area (Å²) in [5.41, 5.74) is 4.93. The average molecular weight is 497 g/mol. The monoisotopic (exact) mass is 496 g/mol. The lowest BCUT2D eigenvalue weighted by atomic mass is 9.67. The van der Waals surface area contributed by atoms with Crippen LogP contribution in [-0.4, -0.2) is 36.6 Å². The van der Waals surface area contributed by atoms with E-state index in [1.165, 1.54) is 81.8 Å². The third-order valence-corrected chi connectivity index (χ3v) is 7.86. The molecular formula is C32H48O4. The molecular weight excluding hydrogens is 448 g/mol. The number of rotatable bonds is 8. The second-order valence-electron chi connectivity index (χ2n) is 10.6. The minimum atomic E-state index is -0.0509. The smallest absolute Gasteiger partial charge is 0.122 e. The molecule has 0 spiro atoms. The van der Waals surface area contributed by atoms with Crippen LogP contribution in [-0.2, 0) is 5.41 Å². The van der Waals surface area contributed by atoms with Gasteiger partial charge in [-0.3, -0.25) is 0 Å². The number of aryl methyl sites for hydroxylation is 2. The quantitative estimate of drug-likeness (QED) is 0.399. The Morgan fingerprint density at radius 3 is 1.28 bits per heavy atom. The number of hydrogen-bond acceptors (Lipinski definition) is 4. The summed E-state index contributed by atoms with van der Waals surface area (Å²) in [7, 11) is 0. The first-order chi connectivity index (χ1) is 17.6. The van der Waals surface area contributed by atoms with Crippen molar-refractivity contribution in [2.24, 2.45) is 0 Å². The summed E-state index contributed by atoms with van der Waals surface area (Å²) < 4.78 is 11.6. The molecule has 4 heteroatoms. The molecule has 200 valence electrons. The van der Waals surface area contributed by atoms with Crippen molar-refractivity contribution in [2.45, 2.75) is 103 Å². The van der Waals surface area contributed by atoms with Gasteiger partial charge in [-0.25, -0.2) is 0 Å². The molecule has 0 heterocycles. The van der Waals surface area contributed by atoms with Crippen molar-refractivity contribution >= 4 is 0 Å². The van der Waals surface area contributed by atoms with Crippen LogP contribution in [0.4, 0.5) is 0 Å². The molecule has 4 nitrogen and oxygen atoms in total. The lowest BCUT2D eigenvalue weighted by molar-refractivity contribution is 0.200. The second kappa shape index (κ2) is 15.3. The van der Waals surface area contributed by atoms with Crippen LogP contribution in [0.1, 0.15) is 106 Å². The molecule has 0 atom stereocenters. The van der Waals surface area contributed by atoms with E-state index in [2.05, 4.69) is 50.2 Å². The topological polar surface area (TPSA) is 58.9 Å². The molecule has 2 aromatic carbocycles. The maximum atomic E-state index is 9.21. The molecule has 0 unspecified atom stereocenters. The van der Waals surface area contributed by atoms with Gasteiger partial charge in [0.1, 0.15) is 24.7 Å². The molecule has 2 aromatic rings. The number of aliphatic hydroxyl groups excluding tert-OH is 2. The maximum Gasteiger partial charge on any atom is 0.122 e. The fraction of sp³-hybridized carbons (Fsp3) is 0.625. The first-order valence-electron chi connectivity index (χ1n) is 14.3. The number of hydrogen-bond donors (Lipinski definition) is 2. The highest BCUT2D eigenvalue weighted by molar-refractivity contribution is 5.48. The molecule has 0 aliphatic heterocycles. The predicted molar refractivity (Wildman–Crippen MR) is 148 cm³/mol. The van der Waals surface area contributed by atoms with E-state index in [1.54, 1.807) is 0 Å². The summed E-state index contributed by atoms with van der Waals surface area (Å²) in [5, 5.41) is 18.4. The summed E-state index contributed by atoms with van der Waals surface area (Å²) in [5.74, 6) is 1.71. The van der Waals surface area contributed by atoms with Gasteiger partial charge in [-0.1, -0.05) is 94.9 Å². The van der Waals surface area contributed by atoms with Crippen LogP contribution in [0, 0.1) is 13.8 Å². The highest BCUT2D eigenvalue weighted by Crippen LogP contribution is 2.44. The Hall–Kier alpha value is -2.04. The van der Waals surface area contributed by atoms with E-state index >= 15 is 0 Å². The van der Waals surface area contributed by atoms with Crippen LogP contribution >= 0.6 is 0 Å². The molecule has 0 radical (unpaired) electrons. The minimum Gasteiger partial charge on any atom is -0.491 e. The minimum absolute atomic E-state index is 0.0229. The third kappa shape index (κ3) is 7.98. The number of aliphatic hydroxyl groups is 2. The Morgan fingerprint density at radius 2 is 0.944 bits per heavy atom. The second-order valence-corrected chi connectivity index (χ2v) is 10.6. The fourth-order valence-electron chi connectivity index (χ4n) is 5.84. The summed E-state index contributed by atoms with van der Waals surface area (Å²) in [6.07, 6.45) is 16.8. The van der Waals surface area contributed by atoms with Crippen molar-refractivity contribution in [3.8, 4) is 11.5 Å². The summed E-state index contributed by atoms with van der Waals surface area (Å²) in [6, 6.07) is 13.4. The Bertz CT molecular complexity index is 834. The van der Waals surface area contributed by atoms with Crippen molar-refractivity contribution in [3.63, 3.8) is 0 Å². The van der Waals surface area contributed by atoms with Gasteiger partial charge in [-0.2, -0.15) is 0 Å². The molecule has 36 heavy (non-hydrogen) atoms. The molecule has 1 saturated carbocycles. The molecule has 1 aliphatic carbocycles. The van der Waals surface area contributed by atoms with Crippen molar-refractivity contribution in [3.05, 3.63) is 58.7 Å². The molecule has 2 N–H and O–H groups in total. The van der Waals surface area contributed by atoms with Crippen LogP contribution in [0.2, 0.25) is 0 Å². The highest BCUT2D eigenvalue weighted by atomic mass is 16.5. The summed E-state index contributed by atoms with van der Waals surface area (Å²) >= 11 is 0. The first kappa shape index (κ1) is 28.5. The van der Waals surface area contributed by atoms with Crippen LogP contribution in [0.25, 0.3) is 0 Å². The molecule has 0 amide bonds. The summed E-state index contributed by atoms with van der Waals surface area (Å²) in [6.45, 7) is 4.91. The SMILES string of the molecule is Cc1cc(C2(c3ccc(OCCO)c(C)c3)CCCCCCCCCCCCC2)ccc1OCCO. The van der Waals surface area contributed by atoms with Gasteiger partial charge in [0.25, 0.3) is 0 Å². The van der Waals surface area contributed by atoms with E-state index in [4.69, 9.17) is 9.47 Å². The van der Waals surface area contributed by atoms with E-state index in [-0.39, 0.29) is 18.6 Å². The normalized spacial score (nSPS) is 17.8. The molecule has 1 aliphatic rings. The van der Waals surface area contributed by atoms with Gasteiger partial charge in [0.15, 0.2) is 0 Å². The zero-order valence-corrected chi connectivity index (χ0v) is 22.7. The van der Waals surface area contributed by atoms with E-state index in [0.29, 0.717) is 13.2 Å². The Balaban J connectivity index is 2.00. The van der Waals surface area contributed by atoms with Crippen molar-refractivity contribution in [1.29, 1.82) is 0 Å². The molecule has 0 bridgehead atoms. The van der Waals surface area contributed by atoms with Gasteiger partial charge in [0.2, 0.25) is 0 Å². The Morgan fingerprint density at radius 1 is 0.583 bits per heavy atom. The average Bonchev–Trinajstić information content (AvgIpc) is 2.88. The number of ether oxygens (including phenoxy) is 2. The lowest BCUT2D eigenvalue weighted by Crippen LogP contribution is -2.28. The van der Waals surface area contributed by atoms with Crippen LogP contribution in [0.15, 0.2) is 36.4 Å². The predicted octanol–water partition coefficient (Wildman–Crippen LogP) is 7.42. The first-order valence-corrected chi connectivity index (χ1v) is 14.3. The fourth-order valence-corrected chi connectivity index (χ4v) is 5.84. The van der Waals surface area contributed by atoms with E-state index < -0.39 is 0 Å². The Labute approximate surface area is 219 Å². The molecule has 0 aromatic heterocycles. The molecule has 0 saturated heterocycles. The van der Waals surface area contributed by atoms with Crippen LogP contribution in [0.3, 0.4) is 0 Å². The summed E-state index contributed by atoms with van der Waals surface area (Å²) in [4.78, 5) is 0. The third-order valence-electron chi connectivity index (χ3n) is 7.86. The van der Waals surface area contributed by atoms with Crippen molar-refractivity contribution in [1.82, 2.24) is 0 Å². The van der Waals surface area contributed by atoms with Gasteiger partial charge < -0.3 is 19.7 Å². The molecule has 3 rings (SSSR count). The van der Waals surface area contributed by atoms with Gasteiger partial charge in [-0.15, -0.1) is 0 Å². The van der Waals surface area contributed by atoms with Gasteiger partial charge in [0.05, 0.1) is 13.2 Å². The van der Waals surface area contributed by atoms with E-state index in [0.717, 1.165) is 35.5 Å². The zero-order chi connectivity index (χ0) is 25.6.